The summed E-state index contributed by atoms with van der Waals surface area (Å²) in [6, 6.07) is 14.7. The van der Waals surface area contributed by atoms with Gasteiger partial charge in [-0.25, -0.2) is 0 Å². The standard InChI is InChI=1S/C24H23Cl2N3O3/c25-17-3-1-15(2-4-17)11-23-28-29(14-31-23)20-8-6-19(7-9-20)27-24(30)22-13-16-12-18(26)5-10-21(16)32-22/h1-5,10,12-13,19-20H,6-9,11,14H2,(H,27,30)/t19-,20-/i14D/t14?,19-,20-. The first-order chi connectivity index (χ1) is 15.9. The number of hydrogen-bond acceptors (Lipinski definition) is 5. The highest BCUT2D eigenvalue weighted by molar-refractivity contribution is 6.31. The van der Waals surface area contributed by atoms with E-state index >= 15 is 0 Å². The molecule has 2 aliphatic rings. The Labute approximate surface area is 197 Å². The third-order valence-corrected chi connectivity index (χ3v) is 6.39. The molecule has 1 aliphatic carbocycles. The predicted octanol–water partition coefficient (Wildman–Crippen LogP) is 5.63. The van der Waals surface area contributed by atoms with Gasteiger partial charge in [-0.3, -0.25) is 9.80 Å². The molecule has 1 amide bonds. The molecule has 1 aromatic heterocycles. The van der Waals surface area contributed by atoms with Crippen molar-refractivity contribution in [2.24, 2.45) is 5.10 Å². The van der Waals surface area contributed by atoms with Gasteiger partial charge in [0.15, 0.2) is 12.5 Å². The summed E-state index contributed by atoms with van der Waals surface area (Å²) in [7, 11) is 0. The molecule has 1 saturated carbocycles. The number of halogens is 2. The van der Waals surface area contributed by atoms with Crippen molar-refractivity contribution in [2.75, 3.05) is 6.71 Å². The Bertz CT molecular complexity index is 1190. The number of carbonyl (C=O) groups is 1. The third-order valence-electron chi connectivity index (χ3n) is 5.90. The Balaban J connectivity index is 1.16. The molecule has 0 saturated heterocycles. The van der Waals surface area contributed by atoms with Gasteiger partial charge >= 0.3 is 0 Å². The predicted molar refractivity (Wildman–Crippen MR) is 125 cm³/mol. The first-order valence-corrected chi connectivity index (χ1v) is 11.4. The number of furan rings is 1. The fraction of sp³-hybridized carbons (Fsp3) is 0.333. The van der Waals surface area contributed by atoms with Crippen LogP contribution in [0.25, 0.3) is 11.0 Å². The fourth-order valence-electron chi connectivity index (χ4n) is 4.18. The Hall–Kier alpha value is -2.70. The van der Waals surface area contributed by atoms with E-state index in [1.807, 2.05) is 24.3 Å². The second-order valence-corrected chi connectivity index (χ2v) is 9.04. The Morgan fingerprint density at radius 1 is 1.09 bits per heavy atom. The first-order valence-electron chi connectivity index (χ1n) is 11.2. The number of nitrogens with zero attached hydrogens (tertiary/aromatic N) is 2. The van der Waals surface area contributed by atoms with Gasteiger partial charge < -0.3 is 14.5 Å². The molecule has 1 N–H and O–H groups in total. The van der Waals surface area contributed by atoms with Gasteiger partial charge in [0, 0.05) is 21.5 Å². The summed E-state index contributed by atoms with van der Waals surface area (Å²) in [6.45, 7) is -0.842. The quantitative estimate of drug-likeness (QED) is 0.522. The molecule has 2 heterocycles. The SMILES string of the molecule is [2H]C1OC(Cc2ccc(Cl)cc2)=NN1[C@H]1CC[C@H](NC(=O)c2cc3cc(Cl)ccc3o2)CC1. The van der Waals surface area contributed by atoms with Crippen LogP contribution in [-0.2, 0) is 11.2 Å². The van der Waals surface area contributed by atoms with Crippen LogP contribution in [0.5, 0.6) is 0 Å². The lowest BCUT2D eigenvalue weighted by molar-refractivity contribution is 0.0808. The van der Waals surface area contributed by atoms with Gasteiger partial charge in [0.25, 0.3) is 5.91 Å². The molecule has 0 bridgehead atoms. The average molecular weight is 473 g/mol. The molecule has 3 aromatic rings. The number of hydrazone groups is 1. The normalized spacial score (nSPS) is 23.6. The Morgan fingerprint density at radius 3 is 2.62 bits per heavy atom. The summed E-state index contributed by atoms with van der Waals surface area (Å²) in [4.78, 5) is 12.7. The topological polar surface area (TPSA) is 67.1 Å². The van der Waals surface area contributed by atoms with Crippen molar-refractivity contribution in [3.63, 3.8) is 0 Å². The van der Waals surface area contributed by atoms with Crippen LogP contribution in [0.15, 0.2) is 58.0 Å². The van der Waals surface area contributed by atoms with E-state index in [1.54, 1.807) is 29.3 Å². The summed E-state index contributed by atoms with van der Waals surface area (Å²) in [5.74, 6) is 0.597. The van der Waals surface area contributed by atoms with Gasteiger partial charge in [0.2, 0.25) is 5.90 Å². The summed E-state index contributed by atoms with van der Waals surface area (Å²) >= 11 is 12.0. The summed E-state index contributed by atoms with van der Waals surface area (Å²) < 4.78 is 19.6. The lowest BCUT2D eigenvalue weighted by Gasteiger charge is -2.32. The molecular weight excluding hydrogens is 449 g/mol. The van der Waals surface area contributed by atoms with Crippen LogP contribution in [0.2, 0.25) is 10.0 Å². The van der Waals surface area contributed by atoms with Crippen LogP contribution in [0.1, 0.15) is 43.2 Å². The van der Waals surface area contributed by atoms with E-state index in [0.717, 1.165) is 36.6 Å². The van der Waals surface area contributed by atoms with Gasteiger partial charge in [0.05, 0.1) is 13.8 Å². The zero-order valence-electron chi connectivity index (χ0n) is 18.3. The van der Waals surface area contributed by atoms with Crippen molar-refractivity contribution in [3.8, 4) is 0 Å². The van der Waals surface area contributed by atoms with Crippen LogP contribution in [0.4, 0.5) is 0 Å². The lowest BCUT2D eigenvalue weighted by atomic mass is 9.91. The third kappa shape index (κ3) is 4.71. The second-order valence-electron chi connectivity index (χ2n) is 8.17. The molecule has 6 nitrogen and oxygen atoms in total. The van der Waals surface area contributed by atoms with Crippen LogP contribution in [-0.4, -0.2) is 35.6 Å². The highest BCUT2D eigenvalue weighted by atomic mass is 35.5. The molecule has 2 aromatic carbocycles. The van der Waals surface area contributed by atoms with Gasteiger partial charge in [-0.2, -0.15) is 0 Å². The van der Waals surface area contributed by atoms with Crippen molar-refractivity contribution in [1.29, 1.82) is 0 Å². The maximum atomic E-state index is 12.7. The summed E-state index contributed by atoms with van der Waals surface area (Å²) in [6.07, 6.45) is 3.76. The highest BCUT2D eigenvalue weighted by Crippen LogP contribution is 2.27. The van der Waals surface area contributed by atoms with Crippen molar-refractivity contribution in [2.45, 2.75) is 44.2 Å². The zero-order chi connectivity index (χ0) is 22.9. The highest BCUT2D eigenvalue weighted by Gasteiger charge is 2.30. The van der Waals surface area contributed by atoms with E-state index < -0.39 is 6.71 Å². The average Bonchev–Trinajstić information content (AvgIpc) is 3.39. The van der Waals surface area contributed by atoms with Crippen LogP contribution < -0.4 is 5.32 Å². The minimum absolute atomic E-state index is 0.0516. The van der Waals surface area contributed by atoms with Gasteiger partial charge in [-0.15, -0.1) is 5.10 Å². The molecule has 1 unspecified atom stereocenters. The number of hydrogen-bond donors (Lipinski definition) is 1. The Kier molecular flexibility index (Phi) is 5.64. The van der Waals surface area contributed by atoms with Crippen molar-refractivity contribution >= 4 is 46.0 Å². The molecule has 32 heavy (non-hydrogen) atoms. The van der Waals surface area contributed by atoms with Gasteiger partial charge in [0.1, 0.15) is 5.58 Å². The van der Waals surface area contributed by atoms with E-state index in [9.17, 15) is 4.79 Å². The molecule has 1 aliphatic heterocycles. The van der Waals surface area contributed by atoms with E-state index in [4.69, 9.17) is 33.7 Å². The molecule has 1 fully saturated rings. The monoisotopic (exact) mass is 472 g/mol. The molecule has 0 spiro atoms. The van der Waals surface area contributed by atoms with Crippen molar-refractivity contribution < 1.29 is 15.3 Å². The van der Waals surface area contributed by atoms with E-state index in [2.05, 4.69) is 10.4 Å². The van der Waals surface area contributed by atoms with E-state index in [-0.39, 0.29) is 23.8 Å². The number of amides is 1. The van der Waals surface area contributed by atoms with Gasteiger partial charge in [-0.1, -0.05) is 35.3 Å². The molecule has 0 radical (unpaired) electrons. The summed E-state index contributed by atoms with van der Waals surface area (Å²) in [5.41, 5.74) is 1.67. The molecule has 8 heteroatoms. The summed E-state index contributed by atoms with van der Waals surface area (Å²) in [5, 5.41) is 11.5. The van der Waals surface area contributed by atoms with Gasteiger partial charge in [-0.05, 0) is 67.6 Å². The van der Waals surface area contributed by atoms with Crippen LogP contribution in [0, 0.1) is 0 Å². The minimum atomic E-state index is -0.842. The van der Waals surface area contributed by atoms with Crippen LogP contribution >= 0.6 is 23.2 Å². The molecule has 166 valence electrons. The number of nitrogens with one attached hydrogen (secondary N) is 1. The first kappa shape index (κ1) is 19.9. The minimum Gasteiger partial charge on any atom is -0.457 e. The zero-order valence-corrected chi connectivity index (χ0v) is 18.8. The number of fused-ring (bicyclic) bond motifs is 1. The van der Waals surface area contributed by atoms with E-state index in [0.29, 0.717) is 27.9 Å². The number of carbonyl (C=O) groups excluding carboxylic acids is 1. The number of benzene rings is 2. The fourth-order valence-corrected chi connectivity index (χ4v) is 4.49. The molecular formula is C24H23Cl2N3O3. The van der Waals surface area contributed by atoms with Crippen LogP contribution in [0.3, 0.4) is 0 Å². The number of ether oxygens (including phenoxy) is 1. The van der Waals surface area contributed by atoms with Crippen molar-refractivity contribution in [1.82, 2.24) is 10.3 Å². The number of rotatable bonds is 5. The maximum absolute atomic E-state index is 12.7. The smallest absolute Gasteiger partial charge is 0.287 e. The Morgan fingerprint density at radius 2 is 1.84 bits per heavy atom. The second kappa shape index (κ2) is 9.04. The largest absolute Gasteiger partial charge is 0.457 e. The van der Waals surface area contributed by atoms with Crippen molar-refractivity contribution in [3.05, 3.63) is 69.9 Å². The molecule has 1 atom stereocenters. The lowest BCUT2D eigenvalue weighted by Crippen LogP contribution is -2.42. The molecule has 5 rings (SSSR count). The van der Waals surface area contributed by atoms with E-state index in [1.165, 1.54) is 0 Å². The maximum Gasteiger partial charge on any atom is 0.287 e.